The van der Waals surface area contributed by atoms with E-state index >= 15 is 0 Å². The highest BCUT2D eigenvalue weighted by molar-refractivity contribution is 7.89. The molecule has 3 aromatic rings. The van der Waals surface area contributed by atoms with Crippen LogP contribution < -0.4 is 15.0 Å². The highest BCUT2D eigenvalue weighted by Gasteiger charge is 2.31. The number of nitrogens with one attached hydrogen (secondary N) is 1. The number of nitrogens with zero attached hydrogens (tertiary/aromatic N) is 3. The van der Waals surface area contributed by atoms with Crippen LogP contribution in [-0.2, 0) is 26.0 Å². The fraction of sp³-hybridized carbons (Fsp3) is 0.318. The first-order chi connectivity index (χ1) is 15.6. The lowest BCUT2D eigenvalue weighted by molar-refractivity contribution is -0.117. The number of carbonyl (C=O) groups excluding carboxylic acids is 2. The molecule has 0 spiro atoms. The van der Waals surface area contributed by atoms with Crippen LogP contribution in [0.5, 0.6) is 5.75 Å². The van der Waals surface area contributed by atoms with E-state index in [4.69, 9.17) is 4.74 Å². The van der Waals surface area contributed by atoms with Gasteiger partial charge in [0, 0.05) is 25.7 Å². The lowest BCUT2D eigenvalue weighted by Crippen LogP contribution is -2.35. The Balaban J connectivity index is 1.48. The van der Waals surface area contributed by atoms with Crippen molar-refractivity contribution in [3.63, 3.8) is 0 Å². The number of methoxy groups -OCH3 is 1. The van der Waals surface area contributed by atoms with Crippen molar-refractivity contribution in [2.45, 2.75) is 31.2 Å². The molecular weight excluding hydrogens is 464 g/mol. The van der Waals surface area contributed by atoms with Crippen LogP contribution in [0.15, 0.2) is 41.3 Å². The maximum Gasteiger partial charge on any atom is 0.243 e. The molecule has 4 rings (SSSR count). The summed E-state index contributed by atoms with van der Waals surface area (Å²) in [6.07, 6.45) is 0.574. The molecule has 1 atom stereocenters. The van der Waals surface area contributed by atoms with Crippen LogP contribution >= 0.6 is 11.3 Å². The van der Waals surface area contributed by atoms with Crippen molar-refractivity contribution < 1.29 is 22.7 Å². The van der Waals surface area contributed by atoms with Gasteiger partial charge in [-0.1, -0.05) is 11.3 Å². The summed E-state index contributed by atoms with van der Waals surface area (Å²) in [5, 5.41) is 3.05. The van der Waals surface area contributed by atoms with Crippen LogP contribution in [0.2, 0.25) is 0 Å². The number of hydrogen-bond donors (Lipinski definition) is 1. The number of sulfonamides is 1. The molecule has 33 heavy (non-hydrogen) atoms. The molecule has 0 radical (unpaired) electrons. The monoisotopic (exact) mass is 488 g/mol. The third kappa shape index (κ3) is 4.43. The van der Waals surface area contributed by atoms with Gasteiger partial charge in [0.1, 0.15) is 5.75 Å². The molecule has 0 unspecified atom stereocenters. The molecule has 1 aliphatic rings. The molecule has 2 aromatic carbocycles. The molecule has 11 heteroatoms. The summed E-state index contributed by atoms with van der Waals surface area (Å²) >= 11 is 1.28. The van der Waals surface area contributed by atoms with E-state index in [9.17, 15) is 18.0 Å². The summed E-state index contributed by atoms with van der Waals surface area (Å²) in [7, 11) is -0.973. The number of rotatable bonds is 6. The van der Waals surface area contributed by atoms with E-state index in [-0.39, 0.29) is 23.4 Å². The number of anilines is 2. The number of likely N-dealkylation sites (N-methyl/N-ethyl adjacent to an activating group) is 1. The van der Waals surface area contributed by atoms with Crippen molar-refractivity contribution in [3.05, 3.63) is 42.0 Å². The first-order valence-corrected chi connectivity index (χ1v) is 12.5. The minimum atomic E-state index is -3.90. The summed E-state index contributed by atoms with van der Waals surface area (Å²) in [6, 6.07) is 10.1. The van der Waals surface area contributed by atoms with Crippen molar-refractivity contribution in [2.24, 2.45) is 0 Å². The Hall–Kier alpha value is -3.02. The van der Waals surface area contributed by atoms with Gasteiger partial charge in [0.05, 0.1) is 28.8 Å². The van der Waals surface area contributed by atoms with Crippen molar-refractivity contribution in [1.82, 2.24) is 9.29 Å². The number of ether oxygens (including phenoxy) is 1. The highest BCUT2D eigenvalue weighted by atomic mass is 32.2. The maximum absolute atomic E-state index is 13.1. The van der Waals surface area contributed by atoms with Gasteiger partial charge >= 0.3 is 0 Å². The van der Waals surface area contributed by atoms with E-state index in [0.29, 0.717) is 22.8 Å². The average Bonchev–Trinajstić information content (AvgIpc) is 3.30. The molecule has 0 saturated carbocycles. The van der Waals surface area contributed by atoms with Crippen LogP contribution in [0, 0.1) is 0 Å². The van der Waals surface area contributed by atoms with Gasteiger partial charge in [-0.25, -0.2) is 13.4 Å². The van der Waals surface area contributed by atoms with E-state index < -0.39 is 15.9 Å². The smallest absolute Gasteiger partial charge is 0.243 e. The van der Waals surface area contributed by atoms with Gasteiger partial charge < -0.3 is 15.0 Å². The van der Waals surface area contributed by atoms with Crippen LogP contribution in [-0.4, -0.2) is 56.3 Å². The molecule has 0 aliphatic carbocycles. The molecule has 1 aromatic heterocycles. The van der Waals surface area contributed by atoms with Crippen molar-refractivity contribution in [3.8, 4) is 5.75 Å². The molecular formula is C22H24N4O5S2. The van der Waals surface area contributed by atoms with Crippen LogP contribution in [0.25, 0.3) is 10.2 Å². The lowest BCUT2D eigenvalue weighted by Gasteiger charge is -2.21. The summed E-state index contributed by atoms with van der Waals surface area (Å²) in [5.74, 6) is 0.105. The third-order valence-electron chi connectivity index (χ3n) is 5.52. The van der Waals surface area contributed by atoms with E-state index in [1.807, 2.05) is 13.0 Å². The first-order valence-electron chi connectivity index (χ1n) is 10.2. The first kappa shape index (κ1) is 23.1. The molecule has 174 valence electrons. The lowest BCUT2D eigenvalue weighted by atomic mass is 10.1. The Bertz CT molecular complexity index is 1350. The second kappa shape index (κ2) is 8.73. The van der Waals surface area contributed by atoms with Crippen LogP contribution in [0.1, 0.15) is 19.4 Å². The second-order valence-electron chi connectivity index (χ2n) is 7.89. The number of benzene rings is 2. The van der Waals surface area contributed by atoms with E-state index in [1.165, 1.54) is 31.4 Å². The maximum atomic E-state index is 13.1. The topological polar surface area (TPSA) is 109 Å². The zero-order valence-electron chi connectivity index (χ0n) is 18.7. The Morgan fingerprint density at radius 3 is 2.73 bits per heavy atom. The van der Waals surface area contributed by atoms with Crippen LogP contribution in [0.4, 0.5) is 10.8 Å². The Labute approximate surface area is 196 Å². The predicted octanol–water partition coefficient (Wildman–Crippen LogP) is 2.86. The summed E-state index contributed by atoms with van der Waals surface area (Å²) < 4.78 is 33.2. The minimum Gasteiger partial charge on any atom is -0.497 e. The summed E-state index contributed by atoms with van der Waals surface area (Å²) in [6.45, 7) is 3.05. The van der Waals surface area contributed by atoms with Gasteiger partial charge in [-0.2, -0.15) is 4.31 Å². The Kier molecular flexibility index (Phi) is 6.12. The standard InChI is InChI=1S/C22H24N4O5S2/c1-13-9-15-10-17(6-8-19(15)26(13)14(2)27)33(29,30)25(3)12-21(28)24-22-23-18-7-5-16(31-4)11-20(18)32-22/h5-8,10-11,13H,9,12H2,1-4H3,(H,23,24,28)/t13-/m0/s1. The second-order valence-corrected chi connectivity index (χ2v) is 11.0. The molecule has 1 aliphatic heterocycles. The number of amides is 2. The number of thiazole rings is 1. The van der Waals surface area contributed by atoms with Crippen molar-refractivity contribution in [2.75, 3.05) is 30.9 Å². The van der Waals surface area contributed by atoms with Crippen LogP contribution in [0.3, 0.4) is 0 Å². The highest BCUT2D eigenvalue weighted by Crippen LogP contribution is 2.34. The van der Waals surface area contributed by atoms with Crippen molar-refractivity contribution >= 4 is 54.2 Å². The summed E-state index contributed by atoms with van der Waals surface area (Å²) in [4.78, 5) is 30.5. The predicted molar refractivity (Wildman–Crippen MR) is 127 cm³/mol. The number of fused-ring (bicyclic) bond motifs is 2. The molecule has 0 fully saturated rings. The molecule has 0 saturated heterocycles. The van der Waals surface area contributed by atoms with Gasteiger partial charge in [-0.3, -0.25) is 9.59 Å². The normalized spacial score (nSPS) is 15.7. The zero-order chi connectivity index (χ0) is 23.9. The fourth-order valence-corrected chi connectivity index (χ4v) is 6.05. The molecule has 1 N–H and O–H groups in total. The average molecular weight is 489 g/mol. The summed E-state index contributed by atoms with van der Waals surface area (Å²) in [5.41, 5.74) is 2.23. The Morgan fingerprint density at radius 1 is 1.27 bits per heavy atom. The largest absolute Gasteiger partial charge is 0.497 e. The molecule has 2 amide bonds. The number of aromatic nitrogens is 1. The SMILES string of the molecule is COc1ccc2nc(NC(=O)CN(C)S(=O)(=O)c3ccc4c(c3)C[C@H](C)N4C(C)=O)sc2c1. The van der Waals surface area contributed by atoms with E-state index in [0.717, 1.165) is 20.3 Å². The van der Waals surface area contributed by atoms with E-state index in [2.05, 4.69) is 10.3 Å². The van der Waals surface area contributed by atoms with E-state index in [1.54, 1.807) is 36.3 Å². The van der Waals surface area contributed by atoms with Crippen molar-refractivity contribution in [1.29, 1.82) is 0 Å². The zero-order valence-corrected chi connectivity index (χ0v) is 20.3. The Morgan fingerprint density at radius 2 is 2.03 bits per heavy atom. The minimum absolute atomic E-state index is 0.0345. The number of hydrogen-bond acceptors (Lipinski definition) is 7. The molecule has 9 nitrogen and oxygen atoms in total. The molecule has 2 heterocycles. The third-order valence-corrected chi connectivity index (χ3v) is 8.26. The van der Waals surface area contributed by atoms with Gasteiger partial charge in [0.2, 0.25) is 21.8 Å². The van der Waals surface area contributed by atoms with Gasteiger partial charge in [0.15, 0.2) is 5.13 Å². The number of carbonyl (C=O) groups is 2. The van der Waals surface area contributed by atoms with Gasteiger partial charge in [-0.05, 0) is 55.3 Å². The quantitative estimate of drug-likeness (QED) is 0.572. The molecule has 0 bridgehead atoms. The van der Waals surface area contributed by atoms with Gasteiger partial charge in [-0.15, -0.1) is 0 Å². The van der Waals surface area contributed by atoms with Gasteiger partial charge in [0.25, 0.3) is 0 Å². The fourth-order valence-electron chi connectivity index (χ4n) is 3.96.